The number of fused-ring (bicyclic) bond motifs is 1. The summed E-state index contributed by atoms with van der Waals surface area (Å²) in [6.07, 6.45) is -0.980. The minimum atomic E-state index is -1.15. The average molecular weight is 481 g/mol. The van der Waals surface area contributed by atoms with Gasteiger partial charge in [-0.15, -0.1) is 0 Å². The van der Waals surface area contributed by atoms with Crippen molar-refractivity contribution in [2.75, 3.05) is 0 Å². The summed E-state index contributed by atoms with van der Waals surface area (Å²) in [5.41, 5.74) is 1.37. The smallest absolute Gasteiger partial charge is 0.336 e. The van der Waals surface area contributed by atoms with Crippen LogP contribution in [0, 0.1) is 5.92 Å². The number of carbonyl (C=O) groups excluding carboxylic acids is 2. The van der Waals surface area contributed by atoms with Gasteiger partial charge in [0.05, 0.1) is 0 Å². The molecule has 9 heteroatoms. The summed E-state index contributed by atoms with van der Waals surface area (Å²) in [6.45, 7) is 6.31. The van der Waals surface area contributed by atoms with Gasteiger partial charge in [-0.2, -0.15) is 0 Å². The number of ether oxygens (including phenoxy) is 1. The van der Waals surface area contributed by atoms with E-state index in [0.717, 1.165) is 11.1 Å². The first-order chi connectivity index (χ1) is 16.6. The monoisotopic (exact) mass is 480 g/mol. The third-order valence-electron chi connectivity index (χ3n) is 5.47. The van der Waals surface area contributed by atoms with E-state index in [9.17, 15) is 24.3 Å². The molecule has 0 radical (unpaired) electrons. The zero-order valence-electron chi connectivity index (χ0n) is 19.9. The van der Waals surface area contributed by atoms with E-state index in [1.165, 1.54) is 26.0 Å². The first-order valence-corrected chi connectivity index (χ1v) is 11.2. The number of carboxylic acids is 1. The highest BCUT2D eigenvalue weighted by molar-refractivity contribution is 5.94. The molecule has 35 heavy (non-hydrogen) atoms. The Balaban J connectivity index is 1.71. The van der Waals surface area contributed by atoms with Gasteiger partial charge in [0, 0.05) is 17.5 Å². The maximum absolute atomic E-state index is 12.6. The summed E-state index contributed by atoms with van der Waals surface area (Å²) < 4.78 is 11.0. The standard InChI is InChI=1S/C26H28N2O7/c1-14(2)23(26(32)33)28-24(30)15(3)27-25(31)16(4)34-18-10-11-19-20(17-8-6-5-7-9-17)13-22(29)35-21(19)12-18/h5-16,23H,1-4H3,(H,27,31)(H,28,30)(H,32,33)/t15-,16?,23-/m0/s1. The first kappa shape index (κ1) is 25.5. The fourth-order valence-electron chi connectivity index (χ4n) is 3.52. The molecule has 0 spiro atoms. The summed E-state index contributed by atoms with van der Waals surface area (Å²) >= 11 is 0. The number of hydrogen-bond donors (Lipinski definition) is 3. The van der Waals surface area contributed by atoms with Gasteiger partial charge >= 0.3 is 11.6 Å². The predicted molar refractivity (Wildman–Crippen MR) is 130 cm³/mol. The molecule has 0 saturated carbocycles. The lowest BCUT2D eigenvalue weighted by atomic mass is 10.0. The Morgan fingerprint density at radius 1 is 0.914 bits per heavy atom. The minimum Gasteiger partial charge on any atom is -0.481 e. The molecule has 184 valence electrons. The lowest BCUT2D eigenvalue weighted by Gasteiger charge is -2.22. The van der Waals surface area contributed by atoms with Crippen molar-refractivity contribution in [3.8, 4) is 16.9 Å². The van der Waals surface area contributed by atoms with Crippen LogP contribution in [-0.2, 0) is 14.4 Å². The van der Waals surface area contributed by atoms with Crippen molar-refractivity contribution in [1.29, 1.82) is 0 Å². The Morgan fingerprint density at radius 2 is 1.60 bits per heavy atom. The second-order valence-corrected chi connectivity index (χ2v) is 8.56. The van der Waals surface area contributed by atoms with E-state index in [4.69, 9.17) is 9.15 Å². The predicted octanol–water partition coefficient (Wildman–Crippen LogP) is 2.96. The third kappa shape index (κ3) is 6.26. The van der Waals surface area contributed by atoms with E-state index >= 15 is 0 Å². The van der Waals surface area contributed by atoms with Crippen molar-refractivity contribution in [2.45, 2.75) is 45.9 Å². The van der Waals surface area contributed by atoms with Crippen molar-refractivity contribution in [3.63, 3.8) is 0 Å². The Labute approximate surface area is 202 Å². The molecule has 3 N–H and O–H groups in total. The molecule has 1 heterocycles. The van der Waals surface area contributed by atoms with Crippen LogP contribution < -0.4 is 21.0 Å². The Morgan fingerprint density at radius 3 is 2.23 bits per heavy atom. The molecule has 2 aromatic carbocycles. The molecule has 1 unspecified atom stereocenters. The van der Waals surface area contributed by atoms with Gasteiger partial charge in [0.1, 0.15) is 23.4 Å². The van der Waals surface area contributed by atoms with Gasteiger partial charge in [-0.25, -0.2) is 9.59 Å². The number of carboxylic acid groups (broad SMARTS) is 1. The van der Waals surface area contributed by atoms with Crippen molar-refractivity contribution in [3.05, 3.63) is 65.0 Å². The SMILES string of the molecule is CC(Oc1ccc2c(-c3ccccc3)cc(=O)oc2c1)C(=O)N[C@@H](C)C(=O)N[C@H](C(=O)O)C(C)C. The zero-order valence-corrected chi connectivity index (χ0v) is 19.9. The Bertz CT molecular complexity index is 1280. The van der Waals surface area contributed by atoms with Crippen molar-refractivity contribution in [1.82, 2.24) is 10.6 Å². The summed E-state index contributed by atoms with van der Waals surface area (Å²) in [5.74, 6) is -2.36. The number of amides is 2. The van der Waals surface area contributed by atoms with Crippen molar-refractivity contribution in [2.24, 2.45) is 5.92 Å². The summed E-state index contributed by atoms with van der Waals surface area (Å²) in [6, 6.07) is 13.7. The molecular weight excluding hydrogens is 452 g/mol. The van der Waals surface area contributed by atoms with Crippen LogP contribution in [0.25, 0.3) is 22.1 Å². The number of aliphatic carboxylic acids is 1. The lowest BCUT2D eigenvalue weighted by molar-refractivity contribution is -0.143. The Kier molecular flexibility index (Phi) is 7.91. The van der Waals surface area contributed by atoms with Gasteiger partial charge in [0.25, 0.3) is 5.91 Å². The number of carbonyl (C=O) groups is 3. The van der Waals surface area contributed by atoms with Crippen LogP contribution >= 0.6 is 0 Å². The van der Waals surface area contributed by atoms with Crippen LogP contribution in [0.4, 0.5) is 0 Å². The van der Waals surface area contributed by atoms with Gasteiger partial charge in [0.15, 0.2) is 6.10 Å². The number of nitrogens with one attached hydrogen (secondary N) is 2. The second kappa shape index (κ2) is 10.9. The number of hydrogen-bond acceptors (Lipinski definition) is 6. The molecule has 0 fully saturated rings. The molecule has 2 amide bonds. The quantitative estimate of drug-likeness (QED) is 0.401. The number of rotatable bonds is 9. The lowest BCUT2D eigenvalue weighted by Crippen LogP contribution is -2.53. The molecule has 3 rings (SSSR count). The Hall–Kier alpha value is -4.14. The molecule has 9 nitrogen and oxygen atoms in total. The van der Waals surface area contributed by atoms with Crippen LogP contribution in [0.1, 0.15) is 27.7 Å². The van der Waals surface area contributed by atoms with E-state index < -0.39 is 41.6 Å². The van der Waals surface area contributed by atoms with E-state index in [-0.39, 0.29) is 5.92 Å². The molecule has 0 aliphatic rings. The minimum absolute atomic E-state index is 0.302. The molecule has 1 aromatic heterocycles. The van der Waals surface area contributed by atoms with Gasteiger partial charge in [-0.3, -0.25) is 9.59 Å². The molecular formula is C26H28N2O7. The summed E-state index contributed by atoms with van der Waals surface area (Å²) in [4.78, 5) is 48.3. The highest BCUT2D eigenvalue weighted by Gasteiger charge is 2.27. The van der Waals surface area contributed by atoms with E-state index in [2.05, 4.69) is 10.6 Å². The average Bonchev–Trinajstić information content (AvgIpc) is 2.81. The molecule has 0 aliphatic carbocycles. The fourth-order valence-corrected chi connectivity index (χ4v) is 3.52. The van der Waals surface area contributed by atoms with Gasteiger partial charge in [0.2, 0.25) is 5.91 Å². The van der Waals surface area contributed by atoms with Crippen LogP contribution in [0.5, 0.6) is 5.75 Å². The summed E-state index contributed by atoms with van der Waals surface area (Å²) in [7, 11) is 0. The fraction of sp³-hybridized carbons (Fsp3) is 0.308. The molecule has 3 aromatic rings. The van der Waals surface area contributed by atoms with Crippen molar-refractivity contribution < 1.29 is 28.6 Å². The molecule has 3 atom stereocenters. The van der Waals surface area contributed by atoms with Gasteiger partial charge < -0.3 is 24.9 Å². The maximum Gasteiger partial charge on any atom is 0.336 e. The van der Waals surface area contributed by atoms with Crippen LogP contribution in [0.3, 0.4) is 0 Å². The van der Waals surface area contributed by atoms with Crippen LogP contribution in [0.2, 0.25) is 0 Å². The third-order valence-corrected chi connectivity index (χ3v) is 5.47. The van der Waals surface area contributed by atoms with E-state index in [1.54, 1.807) is 26.0 Å². The van der Waals surface area contributed by atoms with Crippen LogP contribution in [-0.4, -0.2) is 41.1 Å². The first-order valence-electron chi connectivity index (χ1n) is 11.2. The topological polar surface area (TPSA) is 135 Å². The number of benzene rings is 2. The van der Waals surface area contributed by atoms with E-state index in [0.29, 0.717) is 16.7 Å². The highest BCUT2D eigenvalue weighted by atomic mass is 16.5. The normalized spacial score (nSPS) is 13.6. The largest absolute Gasteiger partial charge is 0.481 e. The molecule has 0 bridgehead atoms. The summed E-state index contributed by atoms with van der Waals surface area (Å²) in [5, 5.41) is 14.9. The molecule has 0 aliphatic heterocycles. The molecule has 0 saturated heterocycles. The van der Waals surface area contributed by atoms with Gasteiger partial charge in [-0.1, -0.05) is 44.2 Å². The van der Waals surface area contributed by atoms with Gasteiger partial charge in [-0.05, 0) is 43.0 Å². The van der Waals surface area contributed by atoms with Crippen molar-refractivity contribution >= 4 is 28.8 Å². The van der Waals surface area contributed by atoms with Crippen LogP contribution in [0.15, 0.2) is 63.8 Å². The highest BCUT2D eigenvalue weighted by Crippen LogP contribution is 2.29. The van der Waals surface area contributed by atoms with E-state index in [1.807, 2.05) is 30.3 Å². The second-order valence-electron chi connectivity index (χ2n) is 8.56. The zero-order chi connectivity index (χ0) is 25.7. The maximum atomic E-state index is 12.6.